The Balaban J connectivity index is 1.53. The quantitative estimate of drug-likeness (QED) is 0.720. The van der Waals surface area contributed by atoms with Gasteiger partial charge in [0, 0.05) is 35.5 Å². The first kappa shape index (κ1) is 14.6. The highest BCUT2D eigenvalue weighted by atomic mass is 32.1. The van der Waals surface area contributed by atoms with Crippen LogP contribution in [0.1, 0.15) is 19.3 Å². The minimum Gasteiger partial charge on any atom is -0.376 e. The van der Waals surface area contributed by atoms with Crippen LogP contribution in [0.15, 0.2) is 48.1 Å². The molecule has 4 rings (SSSR count). The Hall–Kier alpha value is -1.98. The van der Waals surface area contributed by atoms with E-state index in [0.717, 1.165) is 41.4 Å². The third-order valence-electron chi connectivity index (χ3n) is 4.14. The first-order chi connectivity index (χ1) is 11.4. The number of hydrogen-bond donors (Lipinski definition) is 0. The third-order valence-corrected chi connectivity index (χ3v) is 4.97. The molecule has 0 aliphatic carbocycles. The standard InChI is InChI=1S/C18H19N3OS/c1-2-10-22-16(6-1)13-21-9-7-17(20-21)14-4-3-5-15(12-14)18-19-8-11-23-18/h3-5,7-9,11-12,16H,1-2,6,10,13H2/t16-/m0/s1. The summed E-state index contributed by atoms with van der Waals surface area (Å²) in [6.45, 7) is 1.72. The molecular formula is C18H19N3OS. The highest BCUT2D eigenvalue weighted by Gasteiger charge is 2.15. The van der Waals surface area contributed by atoms with E-state index in [9.17, 15) is 0 Å². The summed E-state index contributed by atoms with van der Waals surface area (Å²) in [4.78, 5) is 4.38. The van der Waals surface area contributed by atoms with Gasteiger partial charge < -0.3 is 4.74 Å². The molecule has 1 aromatic carbocycles. The molecule has 1 fully saturated rings. The van der Waals surface area contributed by atoms with Gasteiger partial charge in [-0.1, -0.05) is 18.2 Å². The molecule has 5 heteroatoms. The Morgan fingerprint density at radius 2 is 2.17 bits per heavy atom. The lowest BCUT2D eigenvalue weighted by molar-refractivity contribution is 0.00403. The normalized spacial score (nSPS) is 18.2. The molecule has 3 aromatic rings. The Morgan fingerprint density at radius 3 is 3.00 bits per heavy atom. The van der Waals surface area contributed by atoms with E-state index in [4.69, 9.17) is 9.84 Å². The second kappa shape index (κ2) is 6.64. The molecule has 2 aromatic heterocycles. The molecule has 0 radical (unpaired) electrons. The number of benzene rings is 1. The molecule has 0 spiro atoms. The van der Waals surface area contributed by atoms with Gasteiger partial charge in [-0.2, -0.15) is 5.10 Å². The van der Waals surface area contributed by atoms with Crippen LogP contribution in [0.25, 0.3) is 21.8 Å². The summed E-state index contributed by atoms with van der Waals surface area (Å²) in [5, 5.41) is 7.76. The zero-order valence-corrected chi connectivity index (χ0v) is 13.7. The molecular weight excluding hydrogens is 306 g/mol. The van der Waals surface area contributed by atoms with Crippen molar-refractivity contribution in [2.24, 2.45) is 0 Å². The molecule has 1 saturated heterocycles. The largest absolute Gasteiger partial charge is 0.376 e. The molecule has 118 valence electrons. The topological polar surface area (TPSA) is 39.9 Å². The van der Waals surface area contributed by atoms with E-state index in [-0.39, 0.29) is 0 Å². The van der Waals surface area contributed by atoms with Crippen LogP contribution in [0.5, 0.6) is 0 Å². The molecule has 3 heterocycles. The smallest absolute Gasteiger partial charge is 0.123 e. The van der Waals surface area contributed by atoms with Gasteiger partial charge in [0.25, 0.3) is 0 Å². The molecule has 0 amide bonds. The third kappa shape index (κ3) is 3.35. The van der Waals surface area contributed by atoms with Crippen LogP contribution < -0.4 is 0 Å². The number of thiazole rings is 1. The lowest BCUT2D eigenvalue weighted by atomic mass is 10.1. The highest BCUT2D eigenvalue weighted by molar-refractivity contribution is 7.13. The summed E-state index contributed by atoms with van der Waals surface area (Å²) in [5.74, 6) is 0. The molecule has 0 bridgehead atoms. The summed E-state index contributed by atoms with van der Waals surface area (Å²) in [7, 11) is 0. The predicted molar refractivity (Wildman–Crippen MR) is 92.4 cm³/mol. The van der Waals surface area contributed by atoms with E-state index in [1.807, 2.05) is 22.5 Å². The van der Waals surface area contributed by atoms with Crippen molar-refractivity contribution in [2.75, 3.05) is 6.61 Å². The van der Waals surface area contributed by atoms with E-state index in [2.05, 4.69) is 35.3 Å². The molecule has 0 saturated carbocycles. The average Bonchev–Trinajstić information content (AvgIpc) is 3.28. The number of ether oxygens (including phenoxy) is 1. The molecule has 1 aliphatic rings. The van der Waals surface area contributed by atoms with E-state index in [1.54, 1.807) is 11.3 Å². The van der Waals surface area contributed by atoms with Crippen LogP contribution >= 0.6 is 11.3 Å². The van der Waals surface area contributed by atoms with Crippen molar-refractivity contribution in [2.45, 2.75) is 31.9 Å². The van der Waals surface area contributed by atoms with Crippen molar-refractivity contribution in [3.05, 3.63) is 48.1 Å². The van der Waals surface area contributed by atoms with Crippen molar-refractivity contribution in [3.63, 3.8) is 0 Å². The minimum absolute atomic E-state index is 0.304. The van der Waals surface area contributed by atoms with Gasteiger partial charge in [-0.15, -0.1) is 11.3 Å². The maximum atomic E-state index is 5.80. The second-order valence-corrected chi connectivity index (χ2v) is 6.72. The van der Waals surface area contributed by atoms with Crippen LogP contribution in [-0.4, -0.2) is 27.5 Å². The summed E-state index contributed by atoms with van der Waals surface area (Å²) in [6.07, 6.45) is 7.76. The fourth-order valence-electron chi connectivity index (χ4n) is 2.95. The minimum atomic E-state index is 0.304. The van der Waals surface area contributed by atoms with Gasteiger partial charge in [0.1, 0.15) is 5.01 Å². The van der Waals surface area contributed by atoms with E-state index in [1.165, 1.54) is 12.8 Å². The van der Waals surface area contributed by atoms with Gasteiger partial charge in [0.2, 0.25) is 0 Å². The van der Waals surface area contributed by atoms with Crippen molar-refractivity contribution in [1.29, 1.82) is 0 Å². The summed E-state index contributed by atoms with van der Waals surface area (Å²) < 4.78 is 7.80. The summed E-state index contributed by atoms with van der Waals surface area (Å²) in [6, 6.07) is 10.5. The Kier molecular flexibility index (Phi) is 4.22. The van der Waals surface area contributed by atoms with Crippen molar-refractivity contribution >= 4 is 11.3 Å². The van der Waals surface area contributed by atoms with Gasteiger partial charge in [-0.25, -0.2) is 4.98 Å². The van der Waals surface area contributed by atoms with E-state index < -0.39 is 0 Å². The molecule has 0 unspecified atom stereocenters. The highest BCUT2D eigenvalue weighted by Crippen LogP contribution is 2.26. The van der Waals surface area contributed by atoms with Crippen LogP contribution in [0.2, 0.25) is 0 Å². The van der Waals surface area contributed by atoms with E-state index >= 15 is 0 Å². The molecule has 4 nitrogen and oxygen atoms in total. The fourth-order valence-corrected chi connectivity index (χ4v) is 3.59. The number of hydrogen-bond acceptors (Lipinski definition) is 4. The summed E-state index contributed by atoms with van der Waals surface area (Å²) in [5.41, 5.74) is 3.27. The molecule has 1 aliphatic heterocycles. The zero-order chi connectivity index (χ0) is 15.5. The zero-order valence-electron chi connectivity index (χ0n) is 12.9. The lowest BCUT2D eigenvalue weighted by Crippen LogP contribution is -2.24. The fraction of sp³-hybridized carbons (Fsp3) is 0.333. The predicted octanol–water partition coefficient (Wildman–Crippen LogP) is 4.24. The Bertz CT molecular complexity index is 760. The summed E-state index contributed by atoms with van der Waals surface area (Å²) >= 11 is 1.66. The molecule has 0 N–H and O–H groups in total. The Morgan fingerprint density at radius 1 is 1.22 bits per heavy atom. The van der Waals surface area contributed by atoms with Gasteiger partial charge in [-0.05, 0) is 31.4 Å². The Labute approximate surface area is 139 Å². The maximum absolute atomic E-state index is 5.80. The van der Waals surface area contributed by atoms with Gasteiger partial charge >= 0.3 is 0 Å². The van der Waals surface area contributed by atoms with Crippen LogP contribution in [0, 0.1) is 0 Å². The van der Waals surface area contributed by atoms with Crippen LogP contribution in [-0.2, 0) is 11.3 Å². The van der Waals surface area contributed by atoms with Crippen molar-refractivity contribution in [3.8, 4) is 21.8 Å². The SMILES string of the molecule is c1cc(-c2ccn(C[C@@H]3CCCCO3)n2)cc(-c2nccs2)c1. The van der Waals surface area contributed by atoms with Crippen molar-refractivity contribution < 1.29 is 4.74 Å². The van der Waals surface area contributed by atoms with Crippen molar-refractivity contribution in [1.82, 2.24) is 14.8 Å². The van der Waals surface area contributed by atoms with Crippen LogP contribution in [0.3, 0.4) is 0 Å². The van der Waals surface area contributed by atoms with Gasteiger partial charge in [0.05, 0.1) is 18.3 Å². The van der Waals surface area contributed by atoms with E-state index in [0.29, 0.717) is 6.10 Å². The first-order valence-electron chi connectivity index (χ1n) is 8.04. The van der Waals surface area contributed by atoms with Gasteiger partial charge in [0.15, 0.2) is 0 Å². The van der Waals surface area contributed by atoms with Gasteiger partial charge in [-0.3, -0.25) is 4.68 Å². The second-order valence-electron chi connectivity index (χ2n) is 5.83. The molecule has 23 heavy (non-hydrogen) atoms. The lowest BCUT2D eigenvalue weighted by Gasteiger charge is -2.22. The number of rotatable bonds is 4. The van der Waals surface area contributed by atoms with Crippen LogP contribution in [0.4, 0.5) is 0 Å². The monoisotopic (exact) mass is 325 g/mol. The number of aromatic nitrogens is 3. The first-order valence-corrected chi connectivity index (χ1v) is 8.92. The maximum Gasteiger partial charge on any atom is 0.123 e. The average molecular weight is 325 g/mol. The number of nitrogens with zero attached hydrogens (tertiary/aromatic N) is 3. The molecule has 1 atom stereocenters.